The predicted molar refractivity (Wildman–Crippen MR) is 107 cm³/mol. The van der Waals surface area contributed by atoms with Crippen molar-refractivity contribution < 1.29 is 0 Å². The molecule has 0 N–H and O–H groups in total. The maximum atomic E-state index is 6.22. The van der Waals surface area contributed by atoms with E-state index >= 15 is 0 Å². The Kier molecular flexibility index (Phi) is 9.08. The van der Waals surface area contributed by atoms with E-state index in [-0.39, 0.29) is 0 Å². The van der Waals surface area contributed by atoms with Gasteiger partial charge in [0.25, 0.3) is 0 Å². The summed E-state index contributed by atoms with van der Waals surface area (Å²) < 4.78 is 2.13. The molecule has 0 saturated carbocycles. The van der Waals surface area contributed by atoms with Crippen LogP contribution in [-0.4, -0.2) is 15.3 Å². The zero-order valence-electron chi connectivity index (χ0n) is 14.3. The lowest BCUT2D eigenvalue weighted by atomic mass is 10.1. The van der Waals surface area contributed by atoms with Gasteiger partial charge in [-0.2, -0.15) is 11.8 Å². The summed E-state index contributed by atoms with van der Waals surface area (Å²) in [6.07, 6.45) is 13.4. The highest BCUT2D eigenvalue weighted by atomic mass is 35.5. The number of nitrogens with zero attached hydrogens (tertiary/aromatic N) is 2. The fourth-order valence-corrected chi connectivity index (χ4v) is 4.25. The van der Waals surface area contributed by atoms with E-state index in [1.165, 1.54) is 43.4 Å². The quantitative estimate of drug-likeness (QED) is 0.387. The van der Waals surface area contributed by atoms with Gasteiger partial charge in [0.15, 0.2) is 0 Å². The fourth-order valence-electron chi connectivity index (χ4n) is 2.68. The van der Waals surface area contributed by atoms with E-state index in [9.17, 15) is 0 Å². The van der Waals surface area contributed by atoms with Crippen LogP contribution in [0.4, 0.5) is 0 Å². The first-order chi connectivity index (χ1) is 11.7. The van der Waals surface area contributed by atoms with Crippen LogP contribution in [0.5, 0.6) is 0 Å². The Morgan fingerprint density at radius 1 is 1.12 bits per heavy atom. The largest absolute Gasteiger partial charge is 0.337 e. The first-order valence-electron chi connectivity index (χ1n) is 8.73. The van der Waals surface area contributed by atoms with Gasteiger partial charge in [-0.3, -0.25) is 0 Å². The summed E-state index contributed by atoms with van der Waals surface area (Å²) in [5, 5.41) is 1.71. The smallest absolute Gasteiger partial charge is 0.0945 e. The monoisotopic (exact) mass is 384 g/mol. The van der Waals surface area contributed by atoms with Crippen molar-refractivity contribution in [1.82, 2.24) is 9.55 Å². The third-order valence-electron chi connectivity index (χ3n) is 4.09. The molecule has 0 bridgehead atoms. The lowest BCUT2D eigenvalue weighted by molar-refractivity contribution is 0.632. The molecule has 1 heterocycles. The van der Waals surface area contributed by atoms with E-state index < -0.39 is 0 Å². The number of halogens is 2. The van der Waals surface area contributed by atoms with Gasteiger partial charge in [0, 0.05) is 24.2 Å². The second-order valence-corrected chi connectivity index (χ2v) is 8.16. The van der Waals surface area contributed by atoms with Gasteiger partial charge >= 0.3 is 0 Å². The van der Waals surface area contributed by atoms with E-state index in [4.69, 9.17) is 23.2 Å². The van der Waals surface area contributed by atoms with Crippen LogP contribution >= 0.6 is 35.0 Å². The second kappa shape index (κ2) is 11.1. The summed E-state index contributed by atoms with van der Waals surface area (Å²) in [6, 6.07) is 6.04. The van der Waals surface area contributed by atoms with Crippen molar-refractivity contribution in [2.24, 2.45) is 0 Å². The predicted octanol–water partition coefficient (Wildman–Crippen LogP) is 7.02. The number of imidazole rings is 1. The summed E-state index contributed by atoms with van der Waals surface area (Å²) in [4.78, 5) is 4.12. The molecule has 1 unspecified atom stereocenters. The van der Waals surface area contributed by atoms with Crippen LogP contribution < -0.4 is 0 Å². The van der Waals surface area contributed by atoms with Gasteiger partial charge in [-0.1, -0.05) is 61.9 Å². The van der Waals surface area contributed by atoms with Crippen LogP contribution in [0, 0.1) is 0 Å². The van der Waals surface area contributed by atoms with Crippen molar-refractivity contribution in [3.63, 3.8) is 0 Å². The van der Waals surface area contributed by atoms with E-state index in [0.29, 0.717) is 15.3 Å². The molecule has 132 valence electrons. The number of benzene rings is 1. The fraction of sp³-hybridized carbons (Fsp3) is 0.526. The van der Waals surface area contributed by atoms with Crippen molar-refractivity contribution in [3.05, 3.63) is 52.5 Å². The zero-order valence-corrected chi connectivity index (χ0v) is 16.6. The number of thioether (sulfide) groups is 1. The Bertz CT molecular complexity index is 587. The minimum atomic E-state index is 0.438. The Morgan fingerprint density at radius 3 is 2.67 bits per heavy atom. The molecule has 0 radical (unpaired) electrons. The minimum absolute atomic E-state index is 0.438. The standard InChI is InChI=1S/C19H26Cl2N2S/c1-2-3-4-5-6-13-24-19(9-11-23-12-10-22-15-23)16-7-8-17(20)18(21)14-16/h7-8,10,12,14-15,19H,2-6,9,11,13H2,1H3. The number of hydrogen-bond acceptors (Lipinski definition) is 2. The van der Waals surface area contributed by atoms with E-state index in [1.54, 1.807) is 0 Å². The molecule has 2 nitrogen and oxygen atoms in total. The number of unbranched alkanes of at least 4 members (excludes halogenated alkanes) is 4. The Balaban J connectivity index is 1.91. The second-order valence-electron chi connectivity index (χ2n) is 6.04. The van der Waals surface area contributed by atoms with Crippen LogP contribution in [0.25, 0.3) is 0 Å². The molecule has 0 fully saturated rings. The lowest BCUT2D eigenvalue weighted by Crippen LogP contribution is -2.02. The van der Waals surface area contributed by atoms with E-state index in [0.717, 1.165) is 13.0 Å². The maximum Gasteiger partial charge on any atom is 0.0945 e. The third-order valence-corrected chi connectivity index (χ3v) is 6.26. The molecule has 1 atom stereocenters. The Labute approximate surface area is 160 Å². The molecule has 0 amide bonds. The van der Waals surface area contributed by atoms with Crippen LogP contribution in [0.3, 0.4) is 0 Å². The lowest BCUT2D eigenvalue weighted by Gasteiger charge is -2.18. The van der Waals surface area contributed by atoms with E-state index in [2.05, 4.69) is 22.5 Å². The highest BCUT2D eigenvalue weighted by Gasteiger charge is 2.14. The van der Waals surface area contributed by atoms with Gasteiger partial charge in [-0.15, -0.1) is 0 Å². The molecular formula is C19H26Cl2N2S. The molecular weight excluding hydrogens is 359 g/mol. The summed E-state index contributed by atoms with van der Waals surface area (Å²) in [6.45, 7) is 3.22. The van der Waals surface area contributed by atoms with Crippen molar-refractivity contribution in [2.75, 3.05) is 5.75 Å². The molecule has 2 rings (SSSR count). The van der Waals surface area contributed by atoms with Gasteiger partial charge in [0.2, 0.25) is 0 Å². The normalized spacial score (nSPS) is 12.5. The first-order valence-corrected chi connectivity index (χ1v) is 10.5. The molecule has 1 aromatic carbocycles. The summed E-state index contributed by atoms with van der Waals surface area (Å²) >= 11 is 14.3. The Morgan fingerprint density at radius 2 is 1.96 bits per heavy atom. The van der Waals surface area contributed by atoms with E-state index in [1.807, 2.05) is 42.6 Å². The average Bonchev–Trinajstić information content (AvgIpc) is 3.09. The van der Waals surface area contributed by atoms with Crippen LogP contribution in [-0.2, 0) is 6.54 Å². The van der Waals surface area contributed by atoms with Crippen molar-refractivity contribution >= 4 is 35.0 Å². The van der Waals surface area contributed by atoms with Crippen LogP contribution in [0.2, 0.25) is 10.0 Å². The highest BCUT2D eigenvalue weighted by Crippen LogP contribution is 2.36. The molecule has 24 heavy (non-hydrogen) atoms. The van der Waals surface area contributed by atoms with Gasteiger partial charge in [0.05, 0.1) is 16.4 Å². The first kappa shape index (κ1) is 19.7. The summed E-state index contributed by atoms with van der Waals surface area (Å²) in [5.74, 6) is 1.19. The van der Waals surface area contributed by atoms with Crippen molar-refractivity contribution in [1.29, 1.82) is 0 Å². The summed E-state index contributed by atoms with van der Waals surface area (Å²) in [5.41, 5.74) is 1.27. The Hall–Kier alpha value is -0.640. The number of rotatable bonds is 11. The molecule has 0 aliphatic heterocycles. The molecule has 0 saturated heterocycles. The highest BCUT2D eigenvalue weighted by molar-refractivity contribution is 7.99. The van der Waals surface area contributed by atoms with Crippen molar-refractivity contribution in [3.8, 4) is 0 Å². The number of aromatic nitrogens is 2. The summed E-state index contributed by atoms with van der Waals surface area (Å²) in [7, 11) is 0. The minimum Gasteiger partial charge on any atom is -0.337 e. The maximum absolute atomic E-state index is 6.22. The number of aryl methyl sites for hydroxylation is 1. The molecule has 0 spiro atoms. The number of hydrogen-bond donors (Lipinski definition) is 0. The van der Waals surface area contributed by atoms with Crippen molar-refractivity contribution in [2.45, 2.75) is 57.2 Å². The topological polar surface area (TPSA) is 17.8 Å². The average molecular weight is 385 g/mol. The molecule has 1 aromatic heterocycles. The van der Waals surface area contributed by atoms with Gasteiger partial charge in [-0.25, -0.2) is 4.98 Å². The van der Waals surface area contributed by atoms with Gasteiger partial charge in [-0.05, 0) is 36.3 Å². The van der Waals surface area contributed by atoms with Gasteiger partial charge in [0.1, 0.15) is 0 Å². The molecule has 0 aliphatic rings. The third kappa shape index (κ3) is 6.70. The van der Waals surface area contributed by atoms with Gasteiger partial charge < -0.3 is 4.57 Å². The SMILES string of the molecule is CCCCCCCSC(CCn1ccnc1)c1ccc(Cl)c(Cl)c1. The van der Waals surface area contributed by atoms with Crippen LogP contribution in [0.1, 0.15) is 56.3 Å². The molecule has 0 aliphatic carbocycles. The zero-order chi connectivity index (χ0) is 17.2. The molecule has 5 heteroatoms. The molecule has 2 aromatic rings. The van der Waals surface area contributed by atoms with Crippen LogP contribution in [0.15, 0.2) is 36.9 Å².